The third kappa shape index (κ3) is 3.29. The topological polar surface area (TPSA) is 32.3 Å². The van der Waals surface area contributed by atoms with Gasteiger partial charge in [-0.2, -0.15) is 0 Å². The van der Waals surface area contributed by atoms with Crippen LogP contribution in [0.4, 0.5) is 4.39 Å². The Morgan fingerprint density at radius 2 is 2.12 bits per heavy atom. The minimum Gasteiger partial charge on any atom is -0.394 e. The van der Waals surface area contributed by atoms with E-state index >= 15 is 0 Å². The molecule has 1 aromatic carbocycles. The molecule has 0 spiro atoms. The summed E-state index contributed by atoms with van der Waals surface area (Å²) in [6, 6.07) is 4.90. The highest BCUT2D eigenvalue weighted by atomic mass is 19.1. The lowest BCUT2D eigenvalue weighted by Crippen LogP contribution is -2.32. The molecule has 16 heavy (non-hydrogen) atoms. The number of halogens is 1. The molecule has 90 valence electrons. The molecule has 0 aliphatic rings. The summed E-state index contributed by atoms with van der Waals surface area (Å²) in [4.78, 5) is 0. The lowest BCUT2D eigenvalue weighted by Gasteiger charge is -2.22. The summed E-state index contributed by atoms with van der Waals surface area (Å²) >= 11 is 0. The first-order chi connectivity index (χ1) is 7.58. The lowest BCUT2D eigenvalue weighted by molar-refractivity contribution is 0.231. The van der Waals surface area contributed by atoms with Crippen molar-refractivity contribution >= 4 is 0 Å². The van der Waals surface area contributed by atoms with Crippen molar-refractivity contribution in [3.05, 3.63) is 35.1 Å². The number of rotatable bonds is 5. The number of hydrogen-bond acceptors (Lipinski definition) is 2. The zero-order valence-electron chi connectivity index (χ0n) is 10.1. The molecule has 2 nitrogen and oxygen atoms in total. The molecule has 0 heterocycles. The van der Waals surface area contributed by atoms with E-state index < -0.39 is 0 Å². The van der Waals surface area contributed by atoms with E-state index in [1.165, 1.54) is 6.07 Å². The maximum absolute atomic E-state index is 13.6. The van der Waals surface area contributed by atoms with Crippen LogP contribution in [0.3, 0.4) is 0 Å². The molecule has 0 saturated heterocycles. The van der Waals surface area contributed by atoms with Crippen molar-refractivity contribution in [2.45, 2.75) is 39.3 Å². The van der Waals surface area contributed by atoms with Gasteiger partial charge < -0.3 is 10.4 Å². The third-order valence-corrected chi connectivity index (χ3v) is 2.81. The van der Waals surface area contributed by atoms with Crippen molar-refractivity contribution in [3.8, 4) is 0 Å². The van der Waals surface area contributed by atoms with Crippen molar-refractivity contribution in [1.29, 1.82) is 0 Å². The standard InChI is InChI=1S/C13H20FNO/c1-4-10(3)15-13(8-16)11-7-9(2)5-6-12(11)14/h5-7,10,13,15-16H,4,8H2,1-3H3. The van der Waals surface area contributed by atoms with E-state index in [0.29, 0.717) is 5.56 Å². The van der Waals surface area contributed by atoms with Crippen LogP contribution in [0.5, 0.6) is 0 Å². The van der Waals surface area contributed by atoms with Gasteiger partial charge in [0.2, 0.25) is 0 Å². The van der Waals surface area contributed by atoms with Gasteiger partial charge in [-0.3, -0.25) is 0 Å². The van der Waals surface area contributed by atoms with E-state index in [2.05, 4.69) is 12.2 Å². The first kappa shape index (κ1) is 13.1. The highest BCUT2D eigenvalue weighted by Crippen LogP contribution is 2.19. The van der Waals surface area contributed by atoms with E-state index in [4.69, 9.17) is 0 Å². The van der Waals surface area contributed by atoms with Gasteiger partial charge in [-0.15, -0.1) is 0 Å². The predicted octanol–water partition coefficient (Wildman–Crippen LogP) is 2.56. The van der Waals surface area contributed by atoms with Crippen LogP contribution in [0, 0.1) is 12.7 Å². The largest absolute Gasteiger partial charge is 0.394 e. The minimum absolute atomic E-state index is 0.0925. The summed E-state index contributed by atoms with van der Waals surface area (Å²) in [5.41, 5.74) is 1.55. The highest BCUT2D eigenvalue weighted by molar-refractivity contribution is 5.27. The number of benzene rings is 1. The molecular formula is C13H20FNO. The molecule has 0 radical (unpaired) electrons. The highest BCUT2D eigenvalue weighted by Gasteiger charge is 2.16. The molecule has 0 amide bonds. The van der Waals surface area contributed by atoms with Crippen LogP contribution in [0.1, 0.15) is 37.4 Å². The molecule has 0 fully saturated rings. The second-order valence-corrected chi connectivity index (χ2v) is 4.24. The Morgan fingerprint density at radius 1 is 1.44 bits per heavy atom. The van der Waals surface area contributed by atoms with E-state index in [-0.39, 0.29) is 24.5 Å². The van der Waals surface area contributed by atoms with Gasteiger partial charge in [0.25, 0.3) is 0 Å². The van der Waals surface area contributed by atoms with E-state index in [1.807, 2.05) is 13.8 Å². The van der Waals surface area contributed by atoms with E-state index in [1.54, 1.807) is 12.1 Å². The quantitative estimate of drug-likeness (QED) is 0.807. The molecule has 2 N–H and O–H groups in total. The van der Waals surface area contributed by atoms with Crippen LogP contribution in [-0.4, -0.2) is 17.8 Å². The van der Waals surface area contributed by atoms with Crippen LogP contribution in [0.25, 0.3) is 0 Å². The van der Waals surface area contributed by atoms with Gasteiger partial charge in [0.05, 0.1) is 12.6 Å². The van der Waals surface area contributed by atoms with Crippen molar-refractivity contribution in [2.24, 2.45) is 0 Å². The fourth-order valence-electron chi connectivity index (χ4n) is 1.63. The van der Waals surface area contributed by atoms with Crippen LogP contribution in [0.2, 0.25) is 0 Å². The van der Waals surface area contributed by atoms with E-state index in [9.17, 15) is 9.50 Å². The molecular weight excluding hydrogens is 205 g/mol. The Balaban J connectivity index is 2.89. The fourth-order valence-corrected chi connectivity index (χ4v) is 1.63. The Morgan fingerprint density at radius 3 is 2.69 bits per heavy atom. The second-order valence-electron chi connectivity index (χ2n) is 4.24. The molecule has 2 unspecified atom stereocenters. The molecule has 0 aromatic heterocycles. The van der Waals surface area contributed by atoms with Crippen LogP contribution in [-0.2, 0) is 0 Å². The lowest BCUT2D eigenvalue weighted by atomic mass is 10.0. The predicted molar refractivity (Wildman–Crippen MR) is 63.9 cm³/mol. The summed E-state index contributed by atoms with van der Waals surface area (Å²) < 4.78 is 13.6. The summed E-state index contributed by atoms with van der Waals surface area (Å²) in [6.45, 7) is 5.90. The van der Waals surface area contributed by atoms with Gasteiger partial charge in [0.15, 0.2) is 0 Å². The number of aliphatic hydroxyl groups excluding tert-OH is 1. The number of hydrogen-bond donors (Lipinski definition) is 2. The zero-order valence-corrected chi connectivity index (χ0v) is 10.1. The fraction of sp³-hybridized carbons (Fsp3) is 0.538. The third-order valence-electron chi connectivity index (χ3n) is 2.81. The second kappa shape index (κ2) is 5.97. The van der Waals surface area contributed by atoms with Gasteiger partial charge >= 0.3 is 0 Å². The Hall–Kier alpha value is -0.930. The zero-order chi connectivity index (χ0) is 12.1. The maximum Gasteiger partial charge on any atom is 0.128 e. The van der Waals surface area contributed by atoms with Crippen molar-refractivity contribution in [1.82, 2.24) is 5.32 Å². The van der Waals surface area contributed by atoms with Crippen molar-refractivity contribution < 1.29 is 9.50 Å². The Labute approximate surface area is 96.5 Å². The number of aliphatic hydroxyl groups is 1. The molecule has 0 aliphatic heterocycles. The average molecular weight is 225 g/mol. The molecule has 1 rings (SSSR count). The smallest absolute Gasteiger partial charge is 0.128 e. The SMILES string of the molecule is CCC(C)NC(CO)c1cc(C)ccc1F. The Kier molecular flexibility index (Phi) is 4.90. The molecule has 0 bridgehead atoms. The first-order valence-electron chi connectivity index (χ1n) is 5.71. The molecule has 2 atom stereocenters. The van der Waals surface area contributed by atoms with Crippen molar-refractivity contribution in [3.63, 3.8) is 0 Å². The number of nitrogens with one attached hydrogen (secondary N) is 1. The van der Waals surface area contributed by atoms with Gasteiger partial charge in [0.1, 0.15) is 5.82 Å². The van der Waals surface area contributed by atoms with Gasteiger partial charge in [-0.1, -0.05) is 24.6 Å². The maximum atomic E-state index is 13.6. The average Bonchev–Trinajstić information content (AvgIpc) is 2.29. The first-order valence-corrected chi connectivity index (χ1v) is 5.71. The molecule has 0 saturated carbocycles. The monoisotopic (exact) mass is 225 g/mol. The van der Waals surface area contributed by atoms with Crippen LogP contribution < -0.4 is 5.32 Å². The summed E-state index contributed by atoms with van der Waals surface area (Å²) in [6.07, 6.45) is 0.948. The Bertz CT molecular complexity index is 341. The van der Waals surface area contributed by atoms with Crippen LogP contribution >= 0.6 is 0 Å². The molecule has 3 heteroatoms. The summed E-state index contributed by atoms with van der Waals surface area (Å²) in [5, 5.41) is 12.5. The van der Waals surface area contributed by atoms with Gasteiger partial charge in [-0.05, 0) is 26.3 Å². The van der Waals surface area contributed by atoms with Gasteiger partial charge in [-0.25, -0.2) is 4.39 Å². The van der Waals surface area contributed by atoms with Gasteiger partial charge in [0, 0.05) is 11.6 Å². The minimum atomic E-state index is -0.324. The molecule has 0 aliphatic carbocycles. The van der Waals surface area contributed by atoms with Crippen LogP contribution in [0.15, 0.2) is 18.2 Å². The summed E-state index contributed by atoms with van der Waals surface area (Å²) in [7, 11) is 0. The van der Waals surface area contributed by atoms with Crippen molar-refractivity contribution in [2.75, 3.05) is 6.61 Å². The molecule has 1 aromatic rings. The summed E-state index contributed by atoms with van der Waals surface area (Å²) in [5.74, 6) is -0.263. The van der Waals surface area contributed by atoms with E-state index in [0.717, 1.165) is 12.0 Å². The number of aryl methyl sites for hydroxylation is 1. The normalized spacial score (nSPS) is 14.8.